The van der Waals surface area contributed by atoms with Crippen LogP contribution in [0.5, 0.6) is 0 Å². The highest BCUT2D eigenvalue weighted by molar-refractivity contribution is 5.40. The topological polar surface area (TPSA) is 39.1 Å². The van der Waals surface area contributed by atoms with Crippen molar-refractivity contribution in [3.8, 4) is 0 Å². The molecule has 14 heavy (non-hydrogen) atoms. The van der Waals surface area contributed by atoms with Gasteiger partial charge >= 0.3 is 0 Å². The molecule has 0 amide bonds. The Kier molecular flexibility index (Phi) is 2.23. The molecule has 0 spiro atoms. The summed E-state index contributed by atoms with van der Waals surface area (Å²) >= 11 is 0. The van der Waals surface area contributed by atoms with Gasteiger partial charge in [0.25, 0.3) is 0 Å². The highest BCUT2D eigenvalue weighted by Crippen LogP contribution is 2.19. The van der Waals surface area contributed by atoms with Gasteiger partial charge in [-0.05, 0) is 20.8 Å². The summed E-state index contributed by atoms with van der Waals surface area (Å²) in [5, 5.41) is 7.68. The first-order chi connectivity index (χ1) is 6.54. The first-order valence-corrected chi connectivity index (χ1v) is 4.95. The van der Waals surface area contributed by atoms with E-state index in [-0.39, 0.29) is 5.54 Å². The van der Waals surface area contributed by atoms with Gasteiger partial charge in [-0.1, -0.05) is 0 Å². The minimum absolute atomic E-state index is 0.0873. The van der Waals surface area contributed by atoms with E-state index < -0.39 is 0 Å². The molecule has 0 unspecified atom stereocenters. The van der Waals surface area contributed by atoms with Crippen LogP contribution < -0.4 is 5.32 Å². The molecule has 1 aliphatic rings. The van der Waals surface area contributed by atoms with E-state index in [0.29, 0.717) is 6.04 Å². The molecule has 0 atom stereocenters. The maximum Gasteiger partial charge on any atom is 0.0986 e. The Morgan fingerprint density at radius 2 is 2.21 bits per heavy atom. The predicted molar refractivity (Wildman–Crippen MR) is 55.5 cm³/mol. The van der Waals surface area contributed by atoms with Crippen molar-refractivity contribution in [3.63, 3.8) is 0 Å². The van der Waals surface area contributed by atoms with Crippen LogP contribution in [-0.4, -0.2) is 28.5 Å². The van der Waals surface area contributed by atoms with Crippen LogP contribution in [0.25, 0.3) is 0 Å². The summed E-state index contributed by atoms with van der Waals surface area (Å²) in [6.07, 6.45) is 3.90. The number of nitrogens with zero attached hydrogens (tertiary/aromatic N) is 2. The largest absolute Gasteiger partial charge is 0.378 e. The first-order valence-electron chi connectivity index (χ1n) is 4.95. The smallest absolute Gasteiger partial charge is 0.0986 e. The van der Waals surface area contributed by atoms with Gasteiger partial charge in [0.2, 0.25) is 0 Å². The van der Waals surface area contributed by atoms with E-state index in [9.17, 15) is 0 Å². The maximum atomic E-state index is 5.12. The quantitative estimate of drug-likeness (QED) is 0.780. The molecule has 1 N–H and O–H groups in total. The lowest BCUT2D eigenvalue weighted by Gasteiger charge is -2.26. The Labute approximate surface area is 84.3 Å². The van der Waals surface area contributed by atoms with E-state index >= 15 is 0 Å². The Bertz CT molecular complexity index is 309. The minimum Gasteiger partial charge on any atom is -0.378 e. The van der Waals surface area contributed by atoms with Gasteiger partial charge in [0.15, 0.2) is 0 Å². The molecule has 0 saturated carbocycles. The van der Waals surface area contributed by atoms with E-state index in [0.717, 1.165) is 18.9 Å². The number of anilines is 1. The molecule has 1 aliphatic heterocycles. The third-order valence-electron chi connectivity index (χ3n) is 2.12. The lowest BCUT2D eigenvalue weighted by molar-refractivity contribution is -0.0286. The number of nitrogens with one attached hydrogen (secondary N) is 1. The summed E-state index contributed by atoms with van der Waals surface area (Å²) in [4.78, 5) is 0. The van der Waals surface area contributed by atoms with Crippen molar-refractivity contribution in [2.45, 2.75) is 32.4 Å². The van der Waals surface area contributed by atoms with Crippen LogP contribution in [0.15, 0.2) is 12.4 Å². The molecule has 4 heteroatoms. The van der Waals surface area contributed by atoms with Gasteiger partial charge < -0.3 is 10.1 Å². The third-order valence-corrected chi connectivity index (χ3v) is 2.12. The van der Waals surface area contributed by atoms with Gasteiger partial charge in [0.05, 0.1) is 31.1 Å². The fraction of sp³-hybridized carbons (Fsp3) is 0.700. The molecule has 4 nitrogen and oxygen atoms in total. The highest BCUT2D eigenvalue weighted by atomic mass is 16.5. The molecule has 0 aliphatic carbocycles. The maximum absolute atomic E-state index is 5.12. The van der Waals surface area contributed by atoms with E-state index in [4.69, 9.17) is 4.74 Å². The number of hydrogen-bond acceptors (Lipinski definition) is 3. The van der Waals surface area contributed by atoms with Crippen LogP contribution in [0.2, 0.25) is 0 Å². The summed E-state index contributed by atoms with van der Waals surface area (Å²) < 4.78 is 7.09. The Morgan fingerprint density at radius 3 is 2.71 bits per heavy atom. The van der Waals surface area contributed by atoms with Crippen LogP contribution in [0.1, 0.15) is 26.8 Å². The molecular formula is C10H17N3O. The van der Waals surface area contributed by atoms with E-state index in [2.05, 4.69) is 31.2 Å². The van der Waals surface area contributed by atoms with Gasteiger partial charge in [0, 0.05) is 11.7 Å². The zero-order valence-electron chi connectivity index (χ0n) is 8.95. The van der Waals surface area contributed by atoms with Crippen molar-refractivity contribution in [1.82, 2.24) is 9.78 Å². The molecular weight excluding hydrogens is 178 g/mol. The normalized spacial score (nSPS) is 17.9. The molecule has 1 aromatic heterocycles. The first kappa shape index (κ1) is 9.52. The number of hydrogen-bond donors (Lipinski definition) is 1. The average Bonchev–Trinajstić information content (AvgIpc) is 2.28. The minimum atomic E-state index is 0.0873. The number of rotatable bonds is 2. The van der Waals surface area contributed by atoms with Crippen molar-refractivity contribution in [2.24, 2.45) is 0 Å². The third kappa shape index (κ3) is 2.07. The van der Waals surface area contributed by atoms with Crippen LogP contribution in [0, 0.1) is 0 Å². The molecule has 1 fully saturated rings. The van der Waals surface area contributed by atoms with E-state index in [1.807, 2.05) is 17.1 Å². The van der Waals surface area contributed by atoms with Crippen LogP contribution in [0.3, 0.4) is 0 Å². The summed E-state index contributed by atoms with van der Waals surface area (Å²) in [7, 11) is 0. The summed E-state index contributed by atoms with van der Waals surface area (Å²) in [5.74, 6) is 0. The van der Waals surface area contributed by atoms with Gasteiger partial charge in [0.1, 0.15) is 0 Å². The summed E-state index contributed by atoms with van der Waals surface area (Å²) in [6, 6.07) is 0.436. The van der Waals surface area contributed by atoms with Crippen LogP contribution >= 0.6 is 0 Å². The number of aromatic nitrogens is 2. The summed E-state index contributed by atoms with van der Waals surface area (Å²) in [5.41, 5.74) is 1.16. The van der Waals surface area contributed by atoms with Crippen LogP contribution in [-0.2, 0) is 4.74 Å². The fourth-order valence-corrected chi connectivity index (χ4v) is 1.41. The van der Waals surface area contributed by atoms with Crippen molar-refractivity contribution in [1.29, 1.82) is 0 Å². The van der Waals surface area contributed by atoms with Gasteiger partial charge in [-0.2, -0.15) is 5.10 Å². The second kappa shape index (κ2) is 3.28. The zero-order valence-corrected chi connectivity index (χ0v) is 8.95. The molecule has 1 saturated heterocycles. The number of ether oxygens (including phenoxy) is 1. The average molecular weight is 195 g/mol. The van der Waals surface area contributed by atoms with Crippen molar-refractivity contribution in [3.05, 3.63) is 12.4 Å². The molecule has 2 rings (SSSR count). The lowest BCUT2D eigenvalue weighted by Crippen LogP contribution is -2.31. The fourth-order valence-electron chi connectivity index (χ4n) is 1.41. The molecule has 0 aromatic carbocycles. The zero-order chi connectivity index (χ0) is 10.2. The van der Waals surface area contributed by atoms with Gasteiger partial charge in [-0.15, -0.1) is 0 Å². The highest BCUT2D eigenvalue weighted by Gasteiger charge is 2.21. The summed E-state index contributed by atoms with van der Waals surface area (Å²) in [6.45, 7) is 7.98. The Morgan fingerprint density at radius 1 is 1.50 bits per heavy atom. The second-order valence-electron chi connectivity index (χ2n) is 4.78. The van der Waals surface area contributed by atoms with Crippen molar-refractivity contribution < 1.29 is 4.74 Å². The Hall–Kier alpha value is -1.03. The van der Waals surface area contributed by atoms with Crippen LogP contribution in [0.4, 0.5) is 5.69 Å². The molecule has 0 bridgehead atoms. The molecule has 1 aromatic rings. The molecule has 2 heterocycles. The molecule has 0 radical (unpaired) electrons. The van der Waals surface area contributed by atoms with Crippen molar-refractivity contribution in [2.75, 3.05) is 18.5 Å². The lowest BCUT2D eigenvalue weighted by atomic mass is 10.1. The monoisotopic (exact) mass is 195 g/mol. The second-order valence-corrected chi connectivity index (χ2v) is 4.78. The predicted octanol–water partition coefficient (Wildman–Crippen LogP) is 1.66. The van der Waals surface area contributed by atoms with Gasteiger partial charge in [-0.25, -0.2) is 0 Å². The van der Waals surface area contributed by atoms with Crippen molar-refractivity contribution >= 4 is 5.69 Å². The Balaban J connectivity index is 2.02. The van der Waals surface area contributed by atoms with Gasteiger partial charge in [-0.3, -0.25) is 4.68 Å². The van der Waals surface area contributed by atoms with E-state index in [1.165, 1.54) is 0 Å². The van der Waals surface area contributed by atoms with E-state index in [1.54, 1.807) is 0 Å². The molecule has 78 valence electrons. The SMILES string of the molecule is CC(C)(C)Nc1cnn(C2COC2)c1. The standard InChI is InChI=1S/C10H17N3O/c1-10(2,3)12-8-4-11-13(5-8)9-6-14-7-9/h4-5,9,12H,6-7H2,1-3H3.